The van der Waals surface area contributed by atoms with Gasteiger partial charge in [0, 0.05) is 23.9 Å². The first kappa shape index (κ1) is 14.1. The van der Waals surface area contributed by atoms with E-state index in [-0.39, 0.29) is 10.7 Å². The van der Waals surface area contributed by atoms with Crippen molar-refractivity contribution in [2.75, 3.05) is 30.4 Å². The Labute approximate surface area is 118 Å². The molecule has 1 aliphatic rings. The SMILES string of the molecule is CNC(=O)c1ccc(N)c(NCC2(C)CCCS2)c1. The van der Waals surface area contributed by atoms with Crippen LogP contribution in [0.25, 0.3) is 0 Å². The average Bonchev–Trinajstić information content (AvgIpc) is 2.84. The second-order valence-electron chi connectivity index (χ2n) is 5.14. The lowest BCUT2D eigenvalue weighted by atomic mass is 10.1. The molecule has 1 atom stereocenters. The van der Waals surface area contributed by atoms with Crippen molar-refractivity contribution < 1.29 is 4.79 Å². The molecule has 104 valence electrons. The van der Waals surface area contributed by atoms with Crippen molar-refractivity contribution in [3.05, 3.63) is 23.8 Å². The Hall–Kier alpha value is -1.36. The number of thioether (sulfide) groups is 1. The maximum atomic E-state index is 11.6. The quantitative estimate of drug-likeness (QED) is 0.740. The van der Waals surface area contributed by atoms with E-state index in [9.17, 15) is 4.79 Å². The minimum absolute atomic E-state index is 0.0931. The highest BCUT2D eigenvalue weighted by Gasteiger charge is 2.29. The smallest absolute Gasteiger partial charge is 0.251 e. The van der Waals surface area contributed by atoms with Gasteiger partial charge in [0.25, 0.3) is 5.91 Å². The number of hydrogen-bond donors (Lipinski definition) is 3. The maximum absolute atomic E-state index is 11.6. The Morgan fingerprint density at radius 3 is 2.95 bits per heavy atom. The second kappa shape index (κ2) is 5.74. The van der Waals surface area contributed by atoms with Gasteiger partial charge >= 0.3 is 0 Å². The summed E-state index contributed by atoms with van der Waals surface area (Å²) in [7, 11) is 1.63. The number of carbonyl (C=O) groups excluding carboxylic acids is 1. The van der Waals surface area contributed by atoms with Gasteiger partial charge in [-0.25, -0.2) is 0 Å². The van der Waals surface area contributed by atoms with Crippen LogP contribution < -0.4 is 16.4 Å². The zero-order valence-electron chi connectivity index (χ0n) is 11.5. The summed E-state index contributed by atoms with van der Waals surface area (Å²) in [5, 5.41) is 6.01. The molecule has 0 aliphatic carbocycles. The molecule has 1 heterocycles. The van der Waals surface area contributed by atoms with Gasteiger partial charge in [-0.15, -0.1) is 0 Å². The molecular weight excluding hydrogens is 258 g/mol. The van der Waals surface area contributed by atoms with Gasteiger partial charge in [0.05, 0.1) is 11.4 Å². The van der Waals surface area contributed by atoms with Gasteiger partial charge in [0.15, 0.2) is 0 Å². The molecule has 4 N–H and O–H groups in total. The van der Waals surface area contributed by atoms with Gasteiger partial charge in [-0.1, -0.05) is 0 Å². The van der Waals surface area contributed by atoms with Crippen molar-refractivity contribution >= 4 is 29.0 Å². The largest absolute Gasteiger partial charge is 0.397 e. The number of nitrogen functional groups attached to an aromatic ring is 1. The molecule has 0 spiro atoms. The van der Waals surface area contributed by atoms with Gasteiger partial charge in [-0.3, -0.25) is 4.79 Å². The summed E-state index contributed by atoms with van der Waals surface area (Å²) in [5.41, 5.74) is 8.11. The van der Waals surface area contributed by atoms with Gasteiger partial charge in [-0.2, -0.15) is 11.8 Å². The van der Waals surface area contributed by atoms with Crippen LogP contribution in [0.2, 0.25) is 0 Å². The highest BCUT2D eigenvalue weighted by Crippen LogP contribution is 2.38. The molecule has 1 aromatic rings. The minimum Gasteiger partial charge on any atom is -0.397 e. The highest BCUT2D eigenvalue weighted by atomic mass is 32.2. The zero-order valence-corrected chi connectivity index (χ0v) is 12.3. The monoisotopic (exact) mass is 279 g/mol. The first-order valence-electron chi connectivity index (χ1n) is 6.53. The molecule has 0 aromatic heterocycles. The molecule has 5 heteroatoms. The third-order valence-electron chi connectivity index (χ3n) is 3.50. The standard InChI is InChI=1S/C14H21N3OS/c1-14(6-3-7-19-14)9-17-12-8-10(13(18)16-2)4-5-11(12)15/h4-5,8,17H,3,6-7,9,15H2,1-2H3,(H,16,18). The van der Waals surface area contributed by atoms with E-state index >= 15 is 0 Å². The fourth-order valence-corrected chi connectivity index (χ4v) is 3.50. The number of amides is 1. The van der Waals surface area contributed by atoms with Gasteiger partial charge in [-0.05, 0) is 43.7 Å². The first-order valence-corrected chi connectivity index (χ1v) is 7.52. The molecular formula is C14H21N3OS. The van der Waals surface area contributed by atoms with Crippen molar-refractivity contribution in [3.63, 3.8) is 0 Å². The van der Waals surface area contributed by atoms with Crippen LogP contribution in [-0.2, 0) is 0 Å². The van der Waals surface area contributed by atoms with Crippen molar-refractivity contribution in [1.29, 1.82) is 0 Å². The zero-order chi connectivity index (χ0) is 13.9. The average molecular weight is 279 g/mol. The van der Waals surface area contributed by atoms with Crippen LogP contribution in [0.15, 0.2) is 18.2 Å². The predicted molar refractivity (Wildman–Crippen MR) is 82.8 cm³/mol. The Morgan fingerprint density at radius 1 is 1.53 bits per heavy atom. The predicted octanol–water partition coefficient (Wildman–Crippen LogP) is 2.33. The number of rotatable bonds is 4. The fraction of sp³-hybridized carbons (Fsp3) is 0.500. The molecule has 1 fully saturated rings. The molecule has 1 saturated heterocycles. The Kier molecular flexibility index (Phi) is 4.24. The molecule has 1 amide bonds. The van der Waals surface area contributed by atoms with Crippen molar-refractivity contribution in [2.24, 2.45) is 0 Å². The number of nitrogens with two attached hydrogens (primary N) is 1. The minimum atomic E-state index is -0.0931. The van der Waals surface area contributed by atoms with E-state index in [1.54, 1.807) is 19.2 Å². The first-order chi connectivity index (χ1) is 9.04. The lowest BCUT2D eigenvalue weighted by molar-refractivity contribution is 0.0963. The summed E-state index contributed by atoms with van der Waals surface area (Å²) >= 11 is 2.00. The van der Waals surface area contributed by atoms with Crippen LogP contribution in [0.3, 0.4) is 0 Å². The lowest BCUT2D eigenvalue weighted by Gasteiger charge is -2.24. The molecule has 1 aliphatic heterocycles. The highest BCUT2D eigenvalue weighted by molar-refractivity contribution is 8.00. The molecule has 1 aromatic carbocycles. The van der Waals surface area contributed by atoms with Crippen LogP contribution in [0.5, 0.6) is 0 Å². The summed E-state index contributed by atoms with van der Waals surface area (Å²) in [6.45, 7) is 3.15. The second-order valence-corrected chi connectivity index (χ2v) is 6.82. The van der Waals surface area contributed by atoms with Crippen molar-refractivity contribution in [2.45, 2.75) is 24.5 Å². The lowest BCUT2D eigenvalue weighted by Crippen LogP contribution is -2.27. The van der Waals surface area contributed by atoms with E-state index in [2.05, 4.69) is 17.6 Å². The number of carbonyl (C=O) groups is 1. The summed E-state index contributed by atoms with van der Waals surface area (Å²) in [6.07, 6.45) is 2.50. The number of hydrogen-bond acceptors (Lipinski definition) is 4. The number of nitrogens with one attached hydrogen (secondary N) is 2. The van der Waals surface area contributed by atoms with E-state index in [4.69, 9.17) is 5.73 Å². The molecule has 4 nitrogen and oxygen atoms in total. The molecule has 0 saturated carbocycles. The fourth-order valence-electron chi connectivity index (χ4n) is 2.25. The van der Waals surface area contributed by atoms with Gasteiger partial charge in [0.2, 0.25) is 0 Å². The van der Waals surface area contributed by atoms with Gasteiger partial charge < -0.3 is 16.4 Å². The molecule has 0 bridgehead atoms. The van der Waals surface area contributed by atoms with E-state index in [0.29, 0.717) is 11.3 Å². The van der Waals surface area contributed by atoms with Crippen LogP contribution >= 0.6 is 11.8 Å². The van der Waals surface area contributed by atoms with Gasteiger partial charge in [0.1, 0.15) is 0 Å². The molecule has 0 radical (unpaired) electrons. The van der Waals surface area contributed by atoms with Crippen molar-refractivity contribution in [3.8, 4) is 0 Å². The van der Waals surface area contributed by atoms with E-state index in [1.807, 2.05) is 17.8 Å². The van der Waals surface area contributed by atoms with Crippen LogP contribution in [0, 0.1) is 0 Å². The van der Waals surface area contributed by atoms with Crippen molar-refractivity contribution in [1.82, 2.24) is 5.32 Å². The normalized spacial score (nSPS) is 22.2. The molecule has 19 heavy (non-hydrogen) atoms. The third kappa shape index (κ3) is 3.35. The summed E-state index contributed by atoms with van der Waals surface area (Å²) in [6, 6.07) is 5.33. The van der Waals surface area contributed by atoms with E-state index in [1.165, 1.54) is 18.6 Å². The number of benzene rings is 1. The van der Waals surface area contributed by atoms with Crippen LogP contribution in [0.1, 0.15) is 30.1 Å². The summed E-state index contributed by atoms with van der Waals surface area (Å²) in [4.78, 5) is 11.6. The molecule has 2 rings (SSSR count). The maximum Gasteiger partial charge on any atom is 0.251 e. The van der Waals surface area contributed by atoms with E-state index < -0.39 is 0 Å². The van der Waals surface area contributed by atoms with Crippen LogP contribution in [0.4, 0.5) is 11.4 Å². The topological polar surface area (TPSA) is 67.2 Å². The Bertz CT molecular complexity index is 470. The Morgan fingerprint density at radius 2 is 2.32 bits per heavy atom. The molecule has 1 unspecified atom stereocenters. The summed E-state index contributed by atoms with van der Waals surface area (Å²) in [5.74, 6) is 1.14. The van der Waals surface area contributed by atoms with Crippen LogP contribution in [-0.4, -0.2) is 30.0 Å². The third-order valence-corrected chi connectivity index (χ3v) is 5.03. The number of anilines is 2. The summed E-state index contributed by atoms with van der Waals surface area (Å²) < 4.78 is 0.273. The Balaban J connectivity index is 2.08. The van der Waals surface area contributed by atoms with E-state index in [0.717, 1.165) is 12.2 Å².